The van der Waals surface area contributed by atoms with Crippen LogP contribution in [0.4, 0.5) is 0 Å². The number of rotatable bonds is 46. The van der Waals surface area contributed by atoms with E-state index in [1.54, 1.807) is 0 Å². The van der Waals surface area contributed by atoms with Gasteiger partial charge in [0.05, 0.1) is 13.2 Å². The highest BCUT2D eigenvalue weighted by atomic mass is 31.2. The zero-order valence-electron chi connectivity index (χ0n) is 36.9. The smallest absolute Gasteiger partial charge is 0.463 e. The number of phosphoric acid groups is 1. The lowest BCUT2D eigenvalue weighted by atomic mass is 10.0. The van der Waals surface area contributed by atoms with Crippen molar-refractivity contribution in [2.75, 3.05) is 26.4 Å². The highest BCUT2D eigenvalue weighted by Gasteiger charge is 2.23. The molecule has 1 amide bonds. The van der Waals surface area contributed by atoms with Gasteiger partial charge in [0, 0.05) is 19.4 Å². The summed E-state index contributed by atoms with van der Waals surface area (Å²) in [5, 5.41) is 12.7. The Kier molecular flexibility index (Phi) is 42.8. The van der Waals surface area contributed by atoms with Crippen molar-refractivity contribution in [3.05, 3.63) is 0 Å². The molecule has 0 saturated heterocycles. The molecular formula is C46H92NO8P. The maximum atomic E-state index is 12.1. The van der Waals surface area contributed by atoms with E-state index in [4.69, 9.17) is 13.8 Å². The van der Waals surface area contributed by atoms with Gasteiger partial charge >= 0.3 is 13.8 Å². The fraction of sp³-hybridized carbons (Fsp3) is 0.957. The number of carbonyl (C=O) groups excluding carboxylic acids is 2. The van der Waals surface area contributed by atoms with E-state index in [2.05, 4.69) is 19.2 Å². The van der Waals surface area contributed by atoms with Crippen molar-refractivity contribution in [3.8, 4) is 0 Å². The molecule has 0 aromatic carbocycles. The minimum atomic E-state index is -4.41. The third-order valence-corrected chi connectivity index (χ3v) is 11.8. The van der Waals surface area contributed by atoms with E-state index in [0.717, 1.165) is 38.5 Å². The molecule has 0 saturated carbocycles. The Morgan fingerprint density at radius 2 is 0.804 bits per heavy atom. The summed E-state index contributed by atoms with van der Waals surface area (Å²) in [5.41, 5.74) is 0. The minimum Gasteiger partial charge on any atom is -0.463 e. The van der Waals surface area contributed by atoms with Gasteiger partial charge in [0.25, 0.3) is 0 Å². The first-order valence-electron chi connectivity index (χ1n) is 24.0. The molecule has 0 aliphatic carbocycles. The topological polar surface area (TPSA) is 131 Å². The fourth-order valence-corrected chi connectivity index (χ4v) is 7.91. The standard InChI is InChI=1S/C46H92NO8P/c1-3-5-7-9-11-13-15-17-18-19-20-21-22-23-24-25-26-27-28-30-32-34-36-38-45(49)47-40-41-54-56(51,52)55-43-44(48)42-53-46(50)39-37-35-33-31-29-16-14-12-10-8-6-4-2/h44,48H,3-43H2,1-2H3,(H,47,49)(H,51,52). The van der Waals surface area contributed by atoms with Crippen molar-refractivity contribution < 1.29 is 37.9 Å². The summed E-state index contributed by atoms with van der Waals surface area (Å²) in [6.45, 7) is 3.60. The van der Waals surface area contributed by atoms with E-state index < -0.39 is 26.5 Å². The Balaban J connectivity index is 3.49. The predicted octanol–water partition coefficient (Wildman–Crippen LogP) is 13.6. The number of ether oxygens (including phenoxy) is 1. The van der Waals surface area contributed by atoms with Gasteiger partial charge in [-0.2, -0.15) is 0 Å². The first-order valence-corrected chi connectivity index (χ1v) is 25.5. The molecule has 0 bridgehead atoms. The number of aliphatic hydroxyl groups excluding tert-OH is 1. The molecule has 334 valence electrons. The van der Waals surface area contributed by atoms with Crippen LogP contribution in [0.25, 0.3) is 0 Å². The van der Waals surface area contributed by atoms with E-state index in [0.29, 0.717) is 6.42 Å². The molecule has 2 unspecified atom stereocenters. The average molecular weight is 818 g/mol. The number of hydrogen-bond donors (Lipinski definition) is 3. The Hall–Kier alpha value is -0.990. The molecule has 0 spiro atoms. The minimum absolute atomic E-state index is 0.0887. The predicted molar refractivity (Wildman–Crippen MR) is 234 cm³/mol. The number of unbranched alkanes of at least 4 members (excludes halogenated alkanes) is 33. The van der Waals surface area contributed by atoms with Crippen molar-refractivity contribution in [2.45, 2.75) is 258 Å². The van der Waals surface area contributed by atoms with E-state index in [-0.39, 0.29) is 32.1 Å². The molecule has 2 atom stereocenters. The molecule has 9 nitrogen and oxygen atoms in total. The van der Waals surface area contributed by atoms with Crippen molar-refractivity contribution in [1.29, 1.82) is 0 Å². The molecule has 0 aliphatic heterocycles. The van der Waals surface area contributed by atoms with E-state index in [1.807, 2.05) is 0 Å². The summed E-state index contributed by atoms with van der Waals surface area (Å²) in [4.78, 5) is 33.9. The van der Waals surface area contributed by atoms with Crippen molar-refractivity contribution in [3.63, 3.8) is 0 Å². The second-order valence-electron chi connectivity index (χ2n) is 16.5. The van der Waals surface area contributed by atoms with Gasteiger partial charge in [-0.15, -0.1) is 0 Å². The van der Waals surface area contributed by atoms with Crippen LogP contribution in [0.3, 0.4) is 0 Å². The first-order chi connectivity index (χ1) is 27.3. The van der Waals surface area contributed by atoms with Gasteiger partial charge in [-0.25, -0.2) is 4.57 Å². The Morgan fingerprint density at radius 3 is 1.16 bits per heavy atom. The molecule has 0 fully saturated rings. The van der Waals surface area contributed by atoms with Gasteiger partial charge in [0.15, 0.2) is 0 Å². The van der Waals surface area contributed by atoms with Gasteiger partial charge in [0.2, 0.25) is 5.91 Å². The fourth-order valence-electron chi connectivity index (χ4n) is 7.15. The Labute approximate surface area is 346 Å². The van der Waals surface area contributed by atoms with Gasteiger partial charge in [-0.3, -0.25) is 18.6 Å². The average Bonchev–Trinajstić information content (AvgIpc) is 3.18. The maximum absolute atomic E-state index is 12.1. The molecular weight excluding hydrogens is 725 g/mol. The highest BCUT2D eigenvalue weighted by molar-refractivity contribution is 7.47. The molecule has 56 heavy (non-hydrogen) atoms. The van der Waals surface area contributed by atoms with Crippen molar-refractivity contribution in [2.24, 2.45) is 0 Å². The summed E-state index contributed by atoms with van der Waals surface area (Å²) in [7, 11) is -4.41. The zero-order chi connectivity index (χ0) is 41.1. The molecule has 10 heteroatoms. The highest BCUT2D eigenvalue weighted by Crippen LogP contribution is 2.42. The molecule has 0 heterocycles. The normalized spacial score (nSPS) is 13.1. The lowest BCUT2D eigenvalue weighted by Gasteiger charge is -2.15. The lowest BCUT2D eigenvalue weighted by Crippen LogP contribution is -2.27. The van der Waals surface area contributed by atoms with E-state index >= 15 is 0 Å². The maximum Gasteiger partial charge on any atom is 0.472 e. The van der Waals surface area contributed by atoms with Crippen LogP contribution < -0.4 is 5.32 Å². The molecule has 0 aliphatic rings. The van der Waals surface area contributed by atoms with Crippen molar-refractivity contribution in [1.82, 2.24) is 5.32 Å². The number of esters is 1. The van der Waals surface area contributed by atoms with E-state index in [1.165, 1.54) is 186 Å². The van der Waals surface area contributed by atoms with Crippen molar-refractivity contribution >= 4 is 19.7 Å². The third-order valence-electron chi connectivity index (χ3n) is 10.8. The Bertz CT molecular complexity index is 891. The second-order valence-corrected chi connectivity index (χ2v) is 17.9. The quantitative estimate of drug-likeness (QED) is 0.0314. The lowest BCUT2D eigenvalue weighted by molar-refractivity contribution is -0.147. The molecule has 0 aromatic heterocycles. The summed E-state index contributed by atoms with van der Waals surface area (Å²) in [5.74, 6) is -0.502. The molecule has 3 N–H and O–H groups in total. The van der Waals surface area contributed by atoms with E-state index in [9.17, 15) is 24.2 Å². The molecule has 0 radical (unpaired) electrons. The number of hydrogen-bond acceptors (Lipinski definition) is 7. The van der Waals surface area contributed by atoms with Gasteiger partial charge in [-0.05, 0) is 12.8 Å². The van der Waals surface area contributed by atoms with Crippen LogP contribution >= 0.6 is 7.82 Å². The Morgan fingerprint density at radius 1 is 0.482 bits per heavy atom. The van der Waals surface area contributed by atoms with Crippen LogP contribution in [-0.2, 0) is 27.9 Å². The SMILES string of the molecule is CCCCCCCCCCCCCCCCCCCCCCCCCC(=O)NCCOP(=O)(O)OCC(O)COC(=O)CCCCCCCCCCCCCC. The zero-order valence-corrected chi connectivity index (χ0v) is 37.8. The number of nitrogens with one attached hydrogen (secondary N) is 1. The van der Waals surface area contributed by atoms with Gasteiger partial charge in [-0.1, -0.05) is 226 Å². The van der Waals surface area contributed by atoms with Gasteiger partial charge < -0.3 is 20.1 Å². The van der Waals surface area contributed by atoms with Crippen LogP contribution in [0.2, 0.25) is 0 Å². The largest absolute Gasteiger partial charge is 0.472 e. The van der Waals surface area contributed by atoms with Crippen LogP contribution in [0.1, 0.15) is 251 Å². The van der Waals surface area contributed by atoms with Crippen LogP contribution in [0, 0.1) is 0 Å². The summed E-state index contributed by atoms with van der Waals surface area (Å²) >= 11 is 0. The molecule has 0 aromatic rings. The number of aliphatic hydroxyl groups is 1. The number of amides is 1. The van der Waals surface area contributed by atoms with Crippen LogP contribution in [0.5, 0.6) is 0 Å². The number of phosphoric ester groups is 1. The first kappa shape index (κ1) is 55.0. The van der Waals surface area contributed by atoms with Crippen LogP contribution in [0.15, 0.2) is 0 Å². The third kappa shape index (κ3) is 44.1. The molecule has 0 rings (SSSR count). The number of carbonyl (C=O) groups is 2. The second kappa shape index (κ2) is 43.6. The van der Waals surface area contributed by atoms with Crippen LogP contribution in [-0.4, -0.2) is 54.3 Å². The summed E-state index contributed by atoms with van der Waals surface area (Å²) in [6, 6.07) is 0. The summed E-state index contributed by atoms with van der Waals surface area (Å²) in [6.07, 6.45) is 44.8. The monoisotopic (exact) mass is 818 g/mol. The summed E-state index contributed by atoms with van der Waals surface area (Å²) < 4.78 is 26.9. The van der Waals surface area contributed by atoms with Gasteiger partial charge in [0.1, 0.15) is 12.7 Å².